The van der Waals surface area contributed by atoms with Gasteiger partial charge in [0.2, 0.25) is 0 Å². The maximum Gasteiger partial charge on any atom is 0.261 e. The van der Waals surface area contributed by atoms with Crippen LogP contribution in [-0.4, -0.2) is 8.97 Å². The van der Waals surface area contributed by atoms with Crippen LogP contribution < -0.4 is 5.56 Å². The van der Waals surface area contributed by atoms with E-state index < -0.39 is 0 Å². The molecule has 154 valence electrons. The minimum Gasteiger partial charge on any atom is -0.288 e. The molecule has 0 saturated heterocycles. The Balaban J connectivity index is 1.91. The third kappa shape index (κ3) is 3.52. The number of rotatable bonds is 3. The molecule has 5 aromatic rings. The van der Waals surface area contributed by atoms with E-state index in [2.05, 4.69) is 6.07 Å². The van der Waals surface area contributed by atoms with Gasteiger partial charge in [0, 0.05) is 0 Å². The number of hydrogen-bond acceptors (Lipinski definition) is 3. The van der Waals surface area contributed by atoms with E-state index in [9.17, 15) is 4.79 Å². The van der Waals surface area contributed by atoms with Crippen molar-refractivity contribution in [2.75, 3.05) is 0 Å². The van der Waals surface area contributed by atoms with Crippen LogP contribution in [0.2, 0.25) is 10.0 Å². The zero-order valence-electron chi connectivity index (χ0n) is 16.4. The van der Waals surface area contributed by atoms with Crippen molar-refractivity contribution in [1.29, 1.82) is 0 Å². The molecule has 0 amide bonds. The second kappa shape index (κ2) is 7.92. The molecule has 0 atom stereocenters. The standard InChI is InChI=1S/C24H16Cl2N2OS2/c1-14-5-4-6-15(11-14)13-27-22-21(16-9-10-18(25)19(26)12-16)31-24(30)28(22)20-8-3-2-7-17(20)23(27)29/h2-12H,13H2,1H3. The first-order chi connectivity index (χ1) is 14.9. The largest absolute Gasteiger partial charge is 0.288 e. The van der Waals surface area contributed by atoms with Crippen LogP contribution in [0.5, 0.6) is 0 Å². The molecule has 7 heteroatoms. The predicted octanol–water partition coefficient (Wildman–Crippen LogP) is 7.38. The first-order valence-electron chi connectivity index (χ1n) is 9.62. The molecular weight excluding hydrogens is 467 g/mol. The average Bonchev–Trinajstić information content (AvgIpc) is 3.10. The summed E-state index contributed by atoms with van der Waals surface area (Å²) in [5.74, 6) is 0. The lowest BCUT2D eigenvalue weighted by atomic mass is 10.1. The molecule has 0 aliphatic heterocycles. The highest BCUT2D eigenvalue weighted by molar-refractivity contribution is 7.73. The minimum atomic E-state index is -0.0498. The molecule has 2 aromatic heterocycles. The lowest BCUT2D eigenvalue weighted by molar-refractivity contribution is 0.780. The smallest absolute Gasteiger partial charge is 0.261 e. The fraction of sp³-hybridized carbons (Fsp3) is 0.0833. The molecule has 3 nitrogen and oxygen atoms in total. The second-order valence-corrected chi connectivity index (χ2v) is 9.84. The molecule has 0 radical (unpaired) electrons. The van der Waals surface area contributed by atoms with Crippen LogP contribution in [0, 0.1) is 10.9 Å². The predicted molar refractivity (Wildman–Crippen MR) is 134 cm³/mol. The Labute approximate surface area is 197 Å². The van der Waals surface area contributed by atoms with E-state index in [1.165, 1.54) is 11.3 Å². The molecule has 0 saturated carbocycles. The highest BCUT2D eigenvalue weighted by Gasteiger charge is 2.19. The van der Waals surface area contributed by atoms with Gasteiger partial charge in [0.1, 0.15) is 5.65 Å². The fourth-order valence-corrected chi connectivity index (χ4v) is 5.60. The third-order valence-corrected chi connectivity index (χ3v) is 7.42. The summed E-state index contributed by atoms with van der Waals surface area (Å²) >= 11 is 19.7. The van der Waals surface area contributed by atoms with Crippen molar-refractivity contribution >= 4 is 63.3 Å². The van der Waals surface area contributed by atoms with Gasteiger partial charge in [0.05, 0.1) is 32.4 Å². The van der Waals surface area contributed by atoms with E-state index >= 15 is 0 Å². The lowest BCUT2D eigenvalue weighted by Gasteiger charge is -2.14. The van der Waals surface area contributed by atoms with E-state index in [0.717, 1.165) is 32.7 Å². The first kappa shape index (κ1) is 20.5. The van der Waals surface area contributed by atoms with Gasteiger partial charge in [0.15, 0.2) is 3.95 Å². The normalized spacial score (nSPS) is 11.5. The number of halogens is 2. The van der Waals surface area contributed by atoms with E-state index in [0.29, 0.717) is 25.9 Å². The summed E-state index contributed by atoms with van der Waals surface area (Å²) in [5, 5.41) is 1.59. The van der Waals surface area contributed by atoms with Crippen molar-refractivity contribution in [2.24, 2.45) is 0 Å². The SMILES string of the molecule is Cc1cccc(Cn2c(=O)c3ccccc3n3c(=S)sc(-c4ccc(Cl)c(Cl)c4)c23)c1. The second-order valence-electron chi connectivity index (χ2n) is 7.38. The molecule has 0 aliphatic rings. The van der Waals surface area contributed by atoms with Crippen LogP contribution in [0.1, 0.15) is 11.1 Å². The van der Waals surface area contributed by atoms with Gasteiger partial charge in [-0.15, -0.1) is 11.3 Å². The fourth-order valence-electron chi connectivity index (χ4n) is 3.88. The molecule has 0 bridgehead atoms. The first-order valence-corrected chi connectivity index (χ1v) is 11.6. The molecule has 0 unspecified atom stereocenters. The Morgan fingerprint density at radius 1 is 0.968 bits per heavy atom. The van der Waals surface area contributed by atoms with Crippen molar-refractivity contribution in [1.82, 2.24) is 8.97 Å². The summed E-state index contributed by atoms with van der Waals surface area (Å²) in [5.41, 5.74) is 4.59. The average molecular weight is 483 g/mol. The summed E-state index contributed by atoms with van der Waals surface area (Å²) in [6.07, 6.45) is 0. The van der Waals surface area contributed by atoms with Crippen LogP contribution in [0.3, 0.4) is 0 Å². The Bertz CT molecular complexity index is 1600. The Morgan fingerprint density at radius 2 is 1.77 bits per heavy atom. The summed E-state index contributed by atoms with van der Waals surface area (Å²) in [7, 11) is 0. The van der Waals surface area contributed by atoms with Crippen LogP contribution in [-0.2, 0) is 6.54 Å². The number of fused-ring (bicyclic) bond motifs is 3. The molecule has 0 spiro atoms. The summed E-state index contributed by atoms with van der Waals surface area (Å²) in [6, 6.07) is 21.3. The van der Waals surface area contributed by atoms with E-state index in [-0.39, 0.29) is 5.56 Å². The van der Waals surface area contributed by atoms with Gasteiger partial charge >= 0.3 is 0 Å². The van der Waals surface area contributed by atoms with Gasteiger partial charge in [0.25, 0.3) is 5.56 Å². The van der Waals surface area contributed by atoms with E-state index in [4.69, 9.17) is 35.4 Å². The number of nitrogens with zero attached hydrogens (tertiary/aromatic N) is 2. The molecule has 0 aliphatic carbocycles. The zero-order valence-corrected chi connectivity index (χ0v) is 19.6. The van der Waals surface area contributed by atoms with Gasteiger partial charge in [-0.1, -0.05) is 71.2 Å². The zero-order chi connectivity index (χ0) is 21.7. The van der Waals surface area contributed by atoms with Gasteiger partial charge in [-0.2, -0.15) is 0 Å². The topological polar surface area (TPSA) is 26.4 Å². The number of aromatic nitrogens is 2. The highest BCUT2D eigenvalue weighted by Crippen LogP contribution is 2.36. The van der Waals surface area contributed by atoms with Crippen molar-refractivity contribution in [3.8, 4) is 10.4 Å². The molecule has 2 heterocycles. The molecule has 31 heavy (non-hydrogen) atoms. The number of benzene rings is 3. The Morgan fingerprint density at radius 3 is 2.55 bits per heavy atom. The van der Waals surface area contributed by atoms with Crippen molar-refractivity contribution < 1.29 is 0 Å². The van der Waals surface area contributed by atoms with Crippen LogP contribution in [0.4, 0.5) is 0 Å². The highest BCUT2D eigenvalue weighted by atomic mass is 35.5. The van der Waals surface area contributed by atoms with Crippen molar-refractivity contribution in [3.05, 3.63) is 102 Å². The van der Waals surface area contributed by atoms with Gasteiger partial charge in [-0.05, 0) is 54.5 Å². The molecule has 3 aromatic carbocycles. The van der Waals surface area contributed by atoms with Gasteiger partial charge in [-0.25, -0.2) is 0 Å². The van der Waals surface area contributed by atoms with E-state index in [1.54, 1.807) is 10.6 Å². The third-order valence-electron chi connectivity index (χ3n) is 5.27. The van der Waals surface area contributed by atoms with Gasteiger partial charge in [-0.3, -0.25) is 13.8 Å². The van der Waals surface area contributed by atoms with Crippen molar-refractivity contribution in [3.63, 3.8) is 0 Å². The summed E-state index contributed by atoms with van der Waals surface area (Å²) in [4.78, 5) is 14.5. The lowest BCUT2D eigenvalue weighted by Crippen LogP contribution is -2.23. The quantitative estimate of drug-likeness (QED) is 0.250. The van der Waals surface area contributed by atoms with Gasteiger partial charge < -0.3 is 0 Å². The van der Waals surface area contributed by atoms with Crippen molar-refractivity contribution in [2.45, 2.75) is 13.5 Å². The summed E-state index contributed by atoms with van der Waals surface area (Å²) in [6.45, 7) is 2.48. The van der Waals surface area contributed by atoms with Crippen LogP contribution in [0.15, 0.2) is 71.5 Å². The number of aryl methyl sites for hydroxylation is 1. The number of para-hydroxylation sites is 1. The number of hydrogen-bond donors (Lipinski definition) is 0. The molecule has 0 fully saturated rings. The Hall–Kier alpha value is -2.44. The van der Waals surface area contributed by atoms with Crippen LogP contribution in [0.25, 0.3) is 27.0 Å². The molecular formula is C24H16Cl2N2OS2. The molecule has 0 N–H and O–H groups in total. The molecule has 5 rings (SSSR count). The Kier molecular flexibility index (Phi) is 5.22. The minimum absolute atomic E-state index is 0.0498. The van der Waals surface area contributed by atoms with Crippen LogP contribution >= 0.6 is 46.8 Å². The number of thiazole rings is 1. The summed E-state index contributed by atoms with van der Waals surface area (Å²) < 4.78 is 4.47. The maximum atomic E-state index is 13.6. The monoisotopic (exact) mass is 482 g/mol. The van der Waals surface area contributed by atoms with E-state index in [1.807, 2.05) is 65.9 Å². The maximum absolute atomic E-state index is 13.6.